The molecule has 1 heterocycles. The van der Waals surface area contributed by atoms with Gasteiger partial charge in [0.05, 0.1) is 11.6 Å². The topological polar surface area (TPSA) is 50.4 Å². The monoisotopic (exact) mass is 312 g/mol. The molecule has 1 amide bonds. The molecule has 1 atom stereocenters. The second-order valence-electron chi connectivity index (χ2n) is 4.39. The summed E-state index contributed by atoms with van der Waals surface area (Å²) in [7, 11) is 1.61. The smallest absolute Gasteiger partial charge is 0.225 e. The zero-order valence-corrected chi connectivity index (χ0v) is 11.9. The van der Waals surface area contributed by atoms with Crippen LogP contribution in [0.3, 0.4) is 0 Å². The molecule has 1 saturated heterocycles. The molecule has 4 nitrogen and oxygen atoms in total. The van der Waals surface area contributed by atoms with Crippen molar-refractivity contribution in [3.05, 3.63) is 22.7 Å². The fourth-order valence-electron chi connectivity index (χ4n) is 2.10. The zero-order valence-electron chi connectivity index (χ0n) is 10.3. The number of benzene rings is 1. The Balaban J connectivity index is 1.93. The van der Waals surface area contributed by atoms with Crippen LogP contribution in [0.1, 0.15) is 19.3 Å². The summed E-state index contributed by atoms with van der Waals surface area (Å²) >= 11 is 3.38. The summed E-state index contributed by atoms with van der Waals surface area (Å²) in [5.74, 6) is 0.755. The Morgan fingerprint density at radius 2 is 2.44 bits per heavy atom. The number of amides is 1. The average molecular weight is 313 g/mol. The molecule has 1 aromatic rings. The Labute approximate surface area is 115 Å². The molecular weight excluding hydrogens is 296 g/mol. The van der Waals surface area contributed by atoms with Crippen molar-refractivity contribution in [2.45, 2.75) is 25.3 Å². The zero-order chi connectivity index (χ0) is 13.0. The van der Waals surface area contributed by atoms with E-state index in [4.69, 9.17) is 4.74 Å². The summed E-state index contributed by atoms with van der Waals surface area (Å²) in [6, 6.07) is 5.85. The lowest BCUT2D eigenvalue weighted by Crippen LogP contribution is -2.27. The highest BCUT2D eigenvalue weighted by atomic mass is 79.9. The first kappa shape index (κ1) is 13.4. The summed E-state index contributed by atoms with van der Waals surface area (Å²) in [4.78, 5) is 11.8. The number of rotatable bonds is 4. The summed E-state index contributed by atoms with van der Waals surface area (Å²) in [5.41, 5.74) is 0.762. The van der Waals surface area contributed by atoms with Crippen LogP contribution in [0.25, 0.3) is 0 Å². The Morgan fingerprint density at radius 1 is 1.61 bits per heavy atom. The predicted octanol–water partition coefficient (Wildman–Crippen LogP) is 2.54. The fraction of sp³-hybridized carbons (Fsp3) is 0.462. The first-order valence-electron chi connectivity index (χ1n) is 6.06. The van der Waals surface area contributed by atoms with E-state index in [9.17, 15) is 4.79 Å². The molecule has 0 bridgehead atoms. The molecule has 0 aliphatic carbocycles. The number of methoxy groups -OCH3 is 1. The van der Waals surface area contributed by atoms with E-state index in [-0.39, 0.29) is 5.91 Å². The van der Waals surface area contributed by atoms with Gasteiger partial charge in [0.25, 0.3) is 0 Å². The molecule has 1 aromatic carbocycles. The molecule has 0 saturated carbocycles. The van der Waals surface area contributed by atoms with Gasteiger partial charge in [0.1, 0.15) is 5.75 Å². The molecule has 1 aliphatic heterocycles. The quantitative estimate of drug-likeness (QED) is 0.898. The molecule has 0 spiro atoms. The molecule has 2 N–H and O–H groups in total. The molecule has 18 heavy (non-hydrogen) atoms. The minimum atomic E-state index is 0.0405. The van der Waals surface area contributed by atoms with Crippen LogP contribution in [0.15, 0.2) is 22.7 Å². The van der Waals surface area contributed by atoms with E-state index in [1.165, 1.54) is 0 Å². The molecule has 2 rings (SSSR count). The van der Waals surface area contributed by atoms with E-state index in [1.807, 2.05) is 18.2 Å². The van der Waals surface area contributed by atoms with Crippen molar-refractivity contribution in [2.24, 2.45) is 0 Å². The first-order valence-corrected chi connectivity index (χ1v) is 6.85. The van der Waals surface area contributed by atoms with Gasteiger partial charge in [-0.1, -0.05) is 0 Å². The van der Waals surface area contributed by atoms with E-state index >= 15 is 0 Å². The van der Waals surface area contributed by atoms with E-state index in [0.29, 0.717) is 18.2 Å². The van der Waals surface area contributed by atoms with Crippen molar-refractivity contribution >= 4 is 27.5 Å². The van der Waals surface area contributed by atoms with Gasteiger partial charge in [0.2, 0.25) is 5.91 Å². The first-order chi connectivity index (χ1) is 8.69. The molecular formula is C13H17BrN2O2. The van der Waals surface area contributed by atoms with Gasteiger partial charge >= 0.3 is 0 Å². The van der Waals surface area contributed by atoms with Crippen LogP contribution >= 0.6 is 15.9 Å². The maximum absolute atomic E-state index is 11.8. The Bertz CT molecular complexity index is 431. The largest absolute Gasteiger partial charge is 0.495 e. The van der Waals surface area contributed by atoms with Gasteiger partial charge in [-0.15, -0.1) is 0 Å². The normalized spacial score (nSPS) is 18.7. The second-order valence-corrected chi connectivity index (χ2v) is 5.25. The highest BCUT2D eigenvalue weighted by Crippen LogP contribution is 2.27. The minimum absolute atomic E-state index is 0.0405. The Kier molecular flexibility index (Phi) is 4.60. The molecule has 1 fully saturated rings. The summed E-state index contributed by atoms with van der Waals surface area (Å²) in [5, 5.41) is 6.20. The van der Waals surface area contributed by atoms with Crippen LogP contribution in [0.5, 0.6) is 5.75 Å². The van der Waals surface area contributed by atoms with E-state index in [2.05, 4.69) is 26.6 Å². The van der Waals surface area contributed by atoms with E-state index < -0.39 is 0 Å². The number of nitrogens with one attached hydrogen (secondary N) is 2. The lowest BCUT2D eigenvalue weighted by atomic mass is 10.1. The Morgan fingerprint density at radius 3 is 3.11 bits per heavy atom. The van der Waals surface area contributed by atoms with Crippen molar-refractivity contribution in [1.82, 2.24) is 5.32 Å². The number of hydrogen-bond acceptors (Lipinski definition) is 3. The predicted molar refractivity (Wildman–Crippen MR) is 75.0 cm³/mol. The van der Waals surface area contributed by atoms with E-state index in [1.54, 1.807) is 7.11 Å². The van der Waals surface area contributed by atoms with Gasteiger partial charge in [-0.25, -0.2) is 0 Å². The maximum Gasteiger partial charge on any atom is 0.225 e. The van der Waals surface area contributed by atoms with Crippen molar-refractivity contribution in [1.29, 1.82) is 0 Å². The van der Waals surface area contributed by atoms with Crippen LogP contribution in [0.2, 0.25) is 0 Å². The number of halogens is 1. The number of ether oxygens (including phenoxy) is 1. The lowest BCUT2D eigenvalue weighted by Gasteiger charge is -2.11. The van der Waals surface area contributed by atoms with Crippen LogP contribution in [-0.2, 0) is 4.79 Å². The third-order valence-electron chi connectivity index (χ3n) is 3.03. The van der Waals surface area contributed by atoms with Gasteiger partial charge in [-0.2, -0.15) is 0 Å². The van der Waals surface area contributed by atoms with Crippen LogP contribution < -0.4 is 15.4 Å². The molecule has 0 radical (unpaired) electrons. The number of carbonyl (C=O) groups excluding carboxylic acids is 1. The maximum atomic E-state index is 11.8. The number of carbonyl (C=O) groups is 1. The van der Waals surface area contributed by atoms with Gasteiger partial charge in [0, 0.05) is 24.2 Å². The highest BCUT2D eigenvalue weighted by molar-refractivity contribution is 9.10. The standard InChI is InChI=1S/C13H17BrN2O2/c1-18-12-7-10(4-5-11(12)14)16-13(17)8-9-3-2-6-15-9/h4-5,7,9,15H,2-3,6,8H2,1H3,(H,16,17). The summed E-state index contributed by atoms with van der Waals surface area (Å²) in [6.07, 6.45) is 2.76. The number of hydrogen-bond donors (Lipinski definition) is 2. The van der Waals surface area contributed by atoms with E-state index in [0.717, 1.165) is 29.5 Å². The van der Waals surface area contributed by atoms with Gasteiger partial charge in [0.15, 0.2) is 0 Å². The minimum Gasteiger partial charge on any atom is -0.495 e. The summed E-state index contributed by atoms with van der Waals surface area (Å²) in [6.45, 7) is 1.02. The molecule has 1 aliphatic rings. The van der Waals surface area contributed by atoms with Gasteiger partial charge < -0.3 is 15.4 Å². The molecule has 0 aromatic heterocycles. The SMILES string of the molecule is COc1cc(NC(=O)CC2CCCN2)ccc1Br. The highest BCUT2D eigenvalue weighted by Gasteiger charge is 2.17. The third kappa shape index (κ3) is 3.46. The molecule has 1 unspecified atom stereocenters. The number of anilines is 1. The van der Waals surface area contributed by atoms with Crippen molar-refractivity contribution in [2.75, 3.05) is 19.0 Å². The third-order valence-corrected chi connectivity index (χ3v) is 3.68. The average Bonchev–Trinajstić information content (AvgIpc) is 2.84. The molecule has 5 heteroatoms. The van der Waals surface area contributed by atoms with Gasteiger partial charge in [-0.3, -0.25) is 4.79 Å². The fourth-order valence-corrected chi connectivity index (χ4v) is 2.51. The van der Waals surface area contributed by atoms with Crippen LogP contribution in [0.4, 0.5) is 5.69 Å². The Hall–Kier alpha value is -1.07. The van der Waals surface area contributed by atoms with Gasteiger partial charge in [-0.05, 0) is 47.4 Å². The second kappa shape index (κ2) is 6.20. The van der Waals surface area contributed by atoms with Crippen molar-refractivity contribution in [3.63, 3.8) is 0 Å². The van der Waals surface area contributed by atoms with Crippen molar-refractivity contribution < 1.29 is 9.53 Å². The van der Waals surface area contributed by atoms with Crippen LogP contribution in [0, 0.1) is 0 Å². The lowest BCUT2D eigenvalue weighted by molar-refractivity contribution is -0.116. The van der Waals surface area contributed by atoms with Crippen LogP contribution in [-0.4, -0.2) is 25.6 Å². The summed E-state index contributed by atoms with van der Waals surface area (Å²) < 4.78 is 6.07. The molecule has 98 valence electrons. The van der Waals surface area contributed by atoms with Crippen molar-refractivity contribution in [3.8, 4) is 5.75 Å².